The first kappa shape index (κ1) is 14.0. The minimum atomic E-state index is -0.239. The summed E-state index contributed by atoms with van der Waals surface area (Å²) in [6.07, 6.45) is 4.51. The number of carbonyl (C=O) groups excluding carboxylic acids is 1. The molecule has 0 amide bonds. The van der Waals surface area contributed by atoms with Crippen LogP contribution in [-0.4, -0.2) is 12.6 Å². The lowest BCUT2D eigenvalue weighted by atomic mass is 10.0. The molecule has 0 aliphatic carbocycles. The zero-order chi connectivity index (χ0) is 11.7. The molecule has 0 rings (SSSR count). The van der Waals surface area contributed by atoms with Crippen molar-refractivity contribution in [1.29, 1.82) is 0 Å². The maximum Gasteiger partial charge on any atom is 0.335 e. The Morgan fingerprint density at radius 3 is 2.27 bits per heavy atom. The number of nitrogens with two attached hydrogens (primary N) is 1. The van der Waals surface area contributed by atoms with Gasteiger partial charge in [0.15, 0.2) is 0 Å². The lowest BCUT2D eigenvalue weighted by Crippen LogP contribution is -2.14. The summed E-state index contributed by atoms with van der Waals surface area (Å²) in [4.78, 5) is 11.6. The van der Waals surface area contributed by atoms with E-state index in [2.05, 4.69) is 13.8 Å². The number of carbonyl (C=O) groups is 1. The predicted molar refractivity (Wildman–Crippen MR) is 62.3 cm³/mol. The molecule has 0 unspecified atom stereocenters. The van der Waals surface area contributed by atoms with Crippen LogP contribution < -0.4 is 5.73 Å². The molecule has 0 radical (unpaired) electrons. The highest BCUT2D eigenvalue weighted by molar-refractivity contribution is 5.89. The highest BCUT2D eigenvalue weighted by atomic mass is 16.5. The normalized spacial score (nSPS) is 12.2. The van der Waals surface area contributed by atoms with Crippen molar-refractivity contribution in [1.82, 2.24) is 0 Å². The van der Waals surface area contributed by atoms with Gasteiger partial charge >= 0.3 is 5.97 Å². The lowest BCUT2D eigenvalue weighted by molar-refractivity contribution is -0.138. The average Bonchev–Trinajstić information content (AvgIpc) is 2.19. The minimum Gasteiger partial charge on any atom is -0.463 e. The molecule has 0 spiro atoms. The highest BCUT2D eigenvalue weighted by Gasteiger charge is 2.13. The third kappa shape index (κ3) is 5.45. The van der Waals surface area contributed by atoms with E-state index in [4.69, 9.17) is 10.5 Å². The Morgan fingerprint density at radius 1 is 1.13 bits per heavy atom. The van der Waals surface area contributed by atoms with Crippen LogP contribution in [0.2, 0.25) is 0 Å². The van der Waals surface area contributed by atoms with Crippen LogP contribution in [0.4, 0.5) is 0 Å². The number of ether oxygens (including phenoxy) is 1. The van der Waals surface area contributed by atoms with Gasteiger partial charge in [0.05, 0.1) is 12.2 Å². The molecule has 0 aliphatic rings. The monoisotopic (exact) mass is 213 g/mol. The van der Waals surface area contributed by atoms with Gasteiger partial charge in [0.2, 0.25) is 0 Å². The molecular weight excluding hydrogens is 190 g/mol. The molecule has 0 aliphatic heterocycles. The molecule has 0 heterocycles. The number of esters is 1. The Kier molecular flexibility index (Phi) is 7.78. The summed E-state index contributed by atoms with van der Waals surface area (Å²) in [6.45, 7) is 6.37. The second kappa shape index (κ2) is 8.33. The van der Waals surface area contributed by atoms with Gasteiger partial charge in [-0.05, 0) is 26.2 Å². The van der Waals surface area contributed by atoms with Gasteiger partial charge in [0.1, 0.15) is 0 Å². The first-order valence-electron chi connectivity index (χ1n) is 5.81. The molecule has 2 N–H and O–H groups in total. The standard InChI is InChI=1S/C12H23NO2/c1-4-7-9-10(11(13)8-5-2)12(14)15-6-3/h4-9,13H2,1-3H3/b11-10-. The van der Waals surface area contributed by atoms with Crippen LogP contribution in [0.5, 0.6) is 0 Å². The van der Waals surface area contributed by atoms with Crippen LogP contribution in [-0.2, 0) is 9.53 Å². The molecule has 0 saturated heterocycles. The summed E-state index contributed by atoms with van der Waals surface area (Å²) in [7, 11) is 0. The Balaban J connectivity index is 4.54. The number of rotatable bonds is 7. The van der Waals surface area contributed by atoms with Crippen molar-refractivity contribution >= 4 is 5.97 Å². The van der Waals surface area contributed by atoms with E-state index in [1.807, 2.05) is 6.92 Å². The molecule has 0 atom stereocenters. The van der Waals surface area contributed by atoms with Gasteiger partial charge in [-0.3, -0.25) is 0 Å². The van der Waals surface area contributed by atoms with Crippen LogP contribution in [0.3, 0.4) is 0 Å². The van der Waals surface area contributed by atoms with Crippen LogP contribution in [0.15, 0.2) is 11.3 Å². The van der Waals surface area contributed by atoms with Crippen molar-refractivity contribution in [3.63, 3.8) is 0 Å². The third-order valence-corrected chi connectivity index (χ3v) is 2.21. The highest BCUT2D eigenvalue weighted by Crippen LogP contribution is 2.15. The van der Waals surface area contributed by atoms with Gasteiger partial charge in [-0.25, -0.2) is 4.79 Å². The molecular formula is C12H23NO2. The lowest BCUT2D eigenvalue weighted by Gasteiger charge is -2.10. The van der Waals surface area contributed by atoms with Crippen molar-refractivity contribution in [3.8, 4) is 0 Å². The maximum absolute atomic E-state index is 11.6. The van der Waals surface area contributed by atoms with Crippen LogP contribution in [0, 0.1) is 0 Å². The Hall–Kier alpha value is -0.990. The number of hydrogen-bond donors (Lipinski definition) is 1. The van der Waals surface area contributed by atoms with Gasteiger partial charge in [-0.2, -0.15) is 0 Å². The fourth-order valence-electron chi connectivity index (χ4n) is 1.39. The van der Waals surface area contributed by atoms with E-state index in [1.54, 1.807) is 0 Å². The smallest absolute Gasteiger partial charge is 0.335 e. The summed E-state index contributed by atoms with van der Waals surface area (Å²) < 4.78 is 4.99. The summed E-state index contributed by atoms with van der Waals surface area (Å²) in [5.41, 5.74) is 7.26. The number of allylic oxidation sites excluding steroid dienone is 1. The summed E-state index contributed by atoms with van der Waals surface area (Å²) in [5, 5.41) is 0. The van der Waals surface area contributed by atoms with Crippen molar-refractivity contribution in [2.45, 2.75) is 52.9 Å². The fraction of sp³-hybridized carbons (Fsp3) is 0.750. The largest absolute Gasteiger partial charge is 0.463 e. The van der Waals surface area contributed by atoms with Gasteiger partial charge in [0, 0.05) is 5.70 Å². The number of hydrogen-bond acceptors (Lipinski definition) is 3. The van der Waals surface area contributed by atoms with E-state index in [9.17, 15) is 4.79 Å². The Bertz CT molecular complexity index is 222. The van der Waals surface area contributed by atoms with E-state index in [0.29, 0.717) is 17.9 Å². The minimum absolute atomic E-state index is 0.239. The van der Waals surface area contributed by atoms with Gasteiger partial charge in [-0.15, -0.1) is 0 Å². The quantitative estimate of drug-likeness (QED) is 0.522. The van der Waals surface area contributed by atoms with E-state index in [1.165, 1.54) is 0 Å². The van der Waals surface area contributed by atoms with Crippen molar-refractivity contribution in [2.24, 2.45) is 5.73 Å². The first-order valence-corrected chi connectivity index (χ1v) is 5.81. The molecule has 0 saturated carbocycles. The number of unbranched alkanes of at least 4 members (excludes halogenated alkanes) is 1. The molecule has 0 bridgehead atoms. The van der Waals surface area contributed by atoms with Crippen LogP contribution in [0.1, 0.15) is 52.9 Å². The van der Waals surface area contributed by atoms with Gasteiger partial charge in [-0.1, -0.05) is 26.7 Å². The first-order chi connectivity index (χ1) is 7.17. The predicted octanol–water partition coefficient (Wildman–Crippen LogP) is 2.75. The zero-order valence-electron chi connectivity index (χ0n) is 10.1. The Labute approximate surface area is 92.7 Å². The molecule has 0 aromatic rings. The summed E-state index contributed by atoms with van der Waals surface area (Å²) in [6, 6.07) is 0. The van der Waals surface area contributed by atoms with Crippen molar-refractivity contribution in [2.75, 3.05) is 6.61 Å². The summed E-state index contributed by atoms with van der Waals surface area (Å²) in [5.74, 6) is -0.239. The van der Waals surface area contributed by atoms with E-state index < -0.39 is 0 Å². The zero-order valence-corrected chi connectivity index (χ0v) is 10.1. The SMILES string of the molecule is CCCC/C(C(=O)OCC)=C(/N)CCC. The second-order valence-corrected chi connectivity index (χ2v) is 3.58. The molecule has 15 heavy (non-hydrogen) atoms. The van der Waals surface area contributed by atoms with Crippen molar-refractivity contribution in [3.05, 3.63) is 11.3 Å². The van der Waals surface area contributed by atoms with E-state index in [0.717, 1.165) is 32.1 Å². The maximum atomic E-state index is 11.6. The molecule has 0 fully saturated rings. The third-order valence-electron chi connectivity index (χ3n) is 2.21. The van der Waals surface area contributed by atoms with E-state index >= 15 is 0 Å². The Morgan fingerprint density at radius 2 is 1.80 bits per heavy atom. The topological polar surface area (TPSA) is 52.3 Å². The summed E-state index contributed by atoms with van der Waals surface area (Å²) >= 11 is 0. The molecule has 3 heteroatoms. The molecule has 3 nitrogen and oxygen atoms in total. The van der Waals surface area contributed by atoms with Crippen LogP contribution in [0.25, 0.3) is 0 Å². The second-order valence-electron chi connectivity index (χ2n) is 3.58. The molecule has 0 aromatic heterocycles. The fourth-order valence-corrected chi connectivity index (χ4v) is 1.39. The average molecular weight is 213 g/mol. The van der Waals surface area contributed by atoms with Gasteiger partial charge in [0.25, 0.3) is 0 Å². The molecule has 0 aromatic carbocycles. The molecule has 88 valence electrons. The van der Waals surface area contributed by atoms with Crippen LogP contribution >= 0.6 is 0 Å². The van der Waals surface area contributed by atoms with Gasteiger partial charge < -0.3 is 10.5 Å². The van der Waals surface area contributed by atoms with E-state index in [-0.39, 0.29) is 5.97 Å². The van der Waals surface area contributed by atoms with Crippen molar-refractivity contribution < 1.29 is 9.53 Å².